The van der Waals surface area contributed by atoms with Crippen LogP contribution in [0.2, 0.25) is 0 Å². The van der Waals surface area contributed by atoms with Gasteiger partial charge in [0, 0.05) is 53.9 Å². The highest BCUT2D eigenvalue weighted by Gasteiger charge is 2.35. The molecule has 0 atom stereocenters. The van der Waals surface area contributed by atoms with E-state index in [1.165, 1.54) is 0 Å². The standard InChI is InChI=1S/C74H42N6O/c75-43-59-69(77-61-31-13-6-24-49(61)50-25-7-14-32-62(50)77)60(44-76)71(79-65-35-17-10-28-53(65)54-29-11-18-36-66(54)79)73(70(59)78-63-33-15-8-26-51(63)52-27-9-16-34-64(52)78)80-67-41-38-46(48-23-5-4-22-47(48)45-20-2-1-3-21-45)42-58(67)56-39-40-57-55-30-12-19-37-68(55)81-74(57)72(56)80/h1-42H. The van der Waals surface area contributed by atoms with E-state index in [1.807, 2.05) is 24.3 Å². The molecule has 17 rings (SSSR count). The third-order valence-electron chi connectivity index (χ3n) is 16.8. The number of hydrogen-bond donors (Lipinski definition) is 0. The Labute approximate surface area is 463 Å². The minimum atomic E-state index is 0.337. The summed E-state index contributed by atoms with van der Waals surface area (Å²) in [7, 11) is 0. The summed E-state index contributed by atoms with van der Waals surface area (Å²) in [6.45, 7) is 0. The van der Waals surface area contributed by atoms with Gasteiger partial charge >= 0.3 is 0 Å². The smallest absolute Gasteiger partial charge is 0.160 e. The van der Waals surface area contributed by atoms with Crippen LogP contribution in [0.15, 0.2) is 259 Å². The van der Waals surface area contributed by atoms with E-state index >= 15 is 0 Å². The second kappa shape index (κ2) is 17.1. The van der Waals surface area contributed by atoms with Gasteiger partial charge in [-0.05, 0) is 82.9 Å². The van der Waals surface area contributed by atoms with Gasteiger partial charge in [-0.2, -0.15) is 10.5 Å². The maximum absolute atomic E-state index is 12.6. The number of furan rings is 1. The van der Waals surface area contributed by atoms with Crippen molar-refractivity contribution in [2.24, 2.45) is 0 Å². The number of para-hydroxylation sites is 7. The lowest BCUT2D eigenvalue weighted by Gasteiger charge is -2.27. The number of nitriles is 2. The minimum Gasteiger partial charge on any atom is -0.454 e. The lowest BCUT2D eigenvalue weighted by Crippen LogP contribution is -2.17. The number of nitrogens with zero attached hydrogens (tertiary/aromatic N) is 6. The van der Waals surface area contributed by atoms with Crippen molar-refractivity contribution < 1.29 is 4.42 Å². The summed E-state index contributed by atoms with van der Waals surface area (Å²) in [6, 6.07) is 94.8. The van der Waals surface area contributed by atoms with Crippen molar-refractivity contribution in [2.45, 2.75) is 0 Å². The molecule has 0 saturated carbocycles. The summed E-state index contributed by atoms with van der Waals surface area (Å²) < 4.78 is 16.3. The fourth-order valence-corrected chi connectivity index (χ4v) is 13.6. The molecule has 0 N–H and O–H groups in total. The SMILES string of the molecule is N#Cc1c(-n2c3ccccc3c3ccccc32)c(C#N)c(-n2c3ccccc3c3ccccc32)c(-n2c3ccc(-c4ccccc4-c4ccccc4)cc3c3ccc4c5ccccc5oc4c32)c1-n1c2ccccc2c2ccccc21. The van der Waals surface area contributed by atoms with Crippen LogP contribution in [0.25, 0.3) is 154 Å². The Morgan fingerprint density at radius 1 is 0.272 bits per heavy atom. The molecule has 0 saturated heterocycles. The lowest BCUT2D eigenvalue weighted by molar-refractivity contribution is 0.671. The van der Waals surface area contributed by atoms with E-state index in [2.05, 4.69) is 261 Å². The quantitative estimate of drug-likeness (QED) is 0.166. The largest absolute Gasteiger partial charge is 0.454 e. The van der Waals surface area contributed by atoms with E-state index < -0.39 is 0 Å². The molecule has 0 aliphatic carbocycles. The fourth-order valence-electron chi connectivity index (χ4n) is 13.6. The van der Waals surface area contributed by atoms with Gasteiger partial charge in [0.15, 0.2) is 5.58 Å². The monoisotopic (exact) mass is 1030 g/mol. The van der Waals surface area contributed by atoms with Crippen LogP contribution in [0.5, 0.6) is 0 Å². The summed E-state index contributed by atoms with van der Waals surface area (Å²) in [5, 5.41) is 35.4. The fraction of sp³-hybridized carbons (Fsp3) is 0. The van der Waals surface area contributed by atoms with Crippen LogP contribution in [0, 0.1) is 22.7 Å². The zero-order valence-corrected chi connectivity index (χ0v) is 43.3. The molecule has 7 nitrogen and oxygen atoms in total. The van der Waals surface area contributed by atoms with Crippen LogP contribution >= 0.6 is 0 Å². The molecular weight excluding hydrogens is 989 g/mol. The molecule has 374 valence electrons. The Morgan fingerprint density at radius 3 is 1.14 bits per heavy atom. The molecule has 0 amide bonds. The summed E-state index contributed by atoms with van der Waals surface area (Å²) in [5.74, 6) is 0. The highest BCUT2D eigenvalue weighted by Crippen LogP contribution is 2.51. The molecule has 17 aromatic rings. The summed E-state index contributed by atoms with van der Waals surface area (Å²) in [6.07, 6.45) is 0. The highest BCUT2D eigenvalue weighted by molar-refractivity contribution is 6.23. The minimum absolute atomic E-state index is 0.337. The van der Waals surface area contributed by atoms with Crippen LogP contribution < -0.4 is 0 Å². The topological polar surface area (TPSA) is 80.4 Å². The van der Waals surface area contributed by atoms with Crippen molar-refractivity contribution in [3.63, 3.8) is 0 Å². The second-order valence-electron chi connectivity index (χ2n) is 20.9. The van der Waals surface area contributed by atoms with Crippen LogP contribution in [0.3, 0.4) is 0 Å². The number of benzene rings is 12. The Morgan fingerprint density at radius 2 is 0.654 bits per heavy atom. The van der Waals surface area contributed by atoms with Gasteiger partial charge < -0.3 is 22.7 Å². The molecule has 0 radical (unpaired) electrons. The Bertz CT molecular complexity index is 5320. The maximum atomic E-state index is 12.6. The van der Waals surface area contributed by atoms with Crippen LogP contribution in [0.4, 0.5) is 0 Å². The molecule has 12 aromatic carbocycles. The number of aromatic nitrogens is 4. The second-order valence-corrected chi connectivity index (χ2v) is 20.9. The van der Waals surface area contributed by atoms with Crippen molar-refractivity contribution in [1.29, 1.82) is 10.5 Å². The third kappa shape index (κ3) is 6.15. The number of fused-ring (bicyclic) bond motifs is 16. The molecule has 0 spiro atoms. The van der Waals surface area contributed by atoms with Crippen LogP contribution in [0.1, 0.15) is 11.1 Å². The van der Waals surface area contributed by atoms with Crippen molar-refractivity contribution in [2.75, 3.05) is 0 Å². The van der Waals surface area contributed by atoms with Crippen LogP contribution in [-0.4, -0.2) is 18.3 Å². The van der Waals surface area contributed by atoms with Crippen LogP contribution in [-0.2, 0) is 0 Å². The molecule has 0 aliphatic heterocycles. The van der Waals surface area contributed by atoms with Crippen molar-refractivity contribution >= 4 is 109 Å². The van der Waals surface area contributed by atoms with Crippen molar-refractivity contribution in [1.82, 2.24) is 18.3 Å². The van der Waals surface area contributed by atoms with Gasteiger partial charge in [-0.15, -0.1) is 0 Å². The van der Waals surface area contributed by atoms with E-state index in [9.17, 15) is 10.5 Å². The van der Waals surface area contributed by atoms with E-state index in [0.717, 1.165) is 126 Å². The van der Waals surface area contributed by atoms with Gasteiger partial charge in [-0.1, -0.05) is 194 Å². The predicted molar refractivity (Wildman–Crippen MR) is 331 cm³/mol. The molecule has 81 heavy (non-hydrogen) atoms. The van der Waals surface area contributed by atoms with Gasteiger partial charge in [0.25, 0.3) is 0 Å². The molecule has 0 aliphatic rings. The summed E-state index contributed by atoms with van der Waals surface area (Å²) >= 11 is 0. The highest BCUT2D eigenvalue weighted by atomic mass is 16.3. The molecule has 7 heteroatoms. The zero-order chi connectivity index (χ0) is 53.4. The molecular formula is C74H42N6O. The Kier molecular flexibility index (Phi) is 9.42. The van der Waals surface area contributed by atoms with E-state index in [1.54, 1.807) is 0 Å². The Hall–Kier alpha value is -11.4. The van der Waals surface area contributed by atoms with Gasteiger partial charge in [-0.25, -0.2) is 0 Å². The molecule has 0 bridgehead atoms. The number of hydrogen-bond acceptors (Lipinski definition) is 3. The van der Waals surface area contributed by atoms with Crippen molar-refractivity contribution in [3.05, 3.63) is 266 Å². The van der Waals surface area contributed by atoms with Gasteiger partial charge in [-0.3, -0.25) is 0 Å². The first-order valence-electron chi connectivity index (χ1n) is 27.2. The first kappa shape index (κ1) is 44.7. The normalized spacial score (nSPS) is 11.9. The summed E-state index contributed by atoms with van der Waals surface area (Å²) in [4.78, 5) is 0. The van der Waals surface area contributed by atoms with Gasteiger partial charge in [0.2, 0.25) is 0 Å². The van der Waals surface area contributed by atoms with Gasteiger partial charge in [0.1, 0.15) is 28.8 Å². The van der Waals surface area contributed by atoms with Gasteiger partial charge in [0.05, 0.1) is 66.9 Å². The first-order chi connectivity index (χ1) is 40.2. The average molecular weight is 1030 g/mol. The maximum Gasteiger partial charge on any atom is 0.160 e. The average Bonchev–Trinajstić information content (AvgIpc) is 3.22. The van der Waals surface area contributed by atoms with E-state index in [4.69, 9.17) is 4.42 Å². The number of rotatable bonds is 6. The molecule has 5 heterocycles. The van der Waals surface area contributed by atoms with E-state index in [0.29, 0.717) is 39.5 Å². The molecule has 5 aromatic heterocycles. The first-order valence-corrected chi connectivity index (χ1v) is 27.2. The van der Waals surface area contributed by atoms with E-state index in [-0.39, 0.29) is 0 Å². The lowest BCUT2D eigenvalue weighted by atomic mass is 9.94. The molecule has 0 unspecified atom stereocenters. The zero-order valence-electron chi connectivity index (χ0n) is 43.3. The summed E-state index contributed by atoms with van der Waals surface area (Å²) in [5.41, 5.74) is 16.0. The van der Waals surface area contributed by atoms with Crippen molar-refractivity contribution in [3.8, 4) is 57.1 Å². The predicted octanol–water partition coefficient (Wildman–Crippen LogP) is 19.1. The third-order valence-corrected chi connectivity index (χ3v) is 16.8. The molecule has 0 fully saturated rings. The Balaban J connectivity index is 1.17.